The van der Waals surface area contributed by atoms with Crippen molar-refractivity contribution in [2.24, 2.45) is 0 Å². The van der Waals surface area contributed by atoms with Crippen molar-refractivity contribution in [1.82, 2.24) is 10.2 Å². The highest BCUT2D eigenvalue weighted by Gasteiger charge is 2.44. The van der Waals surface area contributed by atoms with Crippen LogP contribution in [-0.2, 0) is 4.79 Å². The fourth-order valence-electron chi connectivity index (χ4n) is 2.99. The molecule has 0 bridgehead atoms. The lowest BCUT2D eigenvalue weighted by atomic mass is 9.89. The van der Waals surface area contributed by atoms with Gasteiger partial charge in [0, 0.05) is 12.6 Å². The normalized spacial score (nSPS) is 29.3. The maximum absolute atomic E-state index is 12.2. The van der Waals surface area contributed by atoms with Gasteiger partial charge in [0.05, 0.1) is 0 Å². The SMILES string of the molecule is CC1(C(=O)O)CCCCN1C(=O)NC1CCCC1. The van der Waals surface area contributed by atoms with E-state index in [1.54, 1.807) is 6.92 Å². The van der Waals surface area contributed by atoms with Crippen molar-refractivity contribution in [3.63, 3.8) is 0 Å². The number of nitrogens with zero attached hydrogens (tertiary/aromatic N) is 1. The van der Waals surface area contributed by atoms with E-state index in [2.05, 4.69) is 5.32 Å². The highest BCUT2D eigenvalue weighted by atomic mass is 16.4. The molecule has 0 aromatic heterocycles. The number of amides is 2. The zero-order chi connectivity index (χ0) is 13.2. The van der Waals surface area contributed by atoms with E-state index in [9.17, 15) is 14.7 Å². The Morgan fingerprint density at radius 2 is 1.89 bits per heavy atom. The average molecular weight is 254 g/mol. The number of hydrogen-bond donors (Lipinski definition) is 2. The molecule has 0 spiro atoms. The van der Waals surface area contributed by atoms with E-state index in [0.29, 0.717) is 13.0 Å². The molecule has 2 fully saturated rings. The number of carbonyl (C=O) groups excluding carboxylic acids is 1. The number of piperidine rings is 1. The lowest BCUT2D eigenvalue weighted by Gasteiger charge is -2.41. The third-order valence-corrected chi connectivity index (χ3v) is 4.28. The van der Waals surface area contributed by atoms with Gasteiger partial charge in [-0.2, -0.15) is 0 Å². The van der Waals surface area contributed by atoms with Crippen LogP contribution in [0.4, 0.5) is 4.79 Å². The van der Waals surface area contributed by atoms with Gasteiger partial charge in [0.25, 0.3) is 0 Å². The zero-order valence-electron chi connectivity index (χ0n) is 10.9. The standard InChI is InChI=1S/C13H22N2O3/c1-13(11(16)17)8-4-5-9-15(13)12(18)14-10-6-2-3-7-10/h10H,2-9H2,1H3,(H,14,18)(H,16,17). The van der Waals surface area contributed by atoms with E-state index in [1.807, 2.05) is 0 Å². The highest BCUT2D eigenvalue weighted by molar-refractivity contribution is 5.86. The van der Waals surface area contributed by atoms with Crippen LogP contribution in [0.3, 0.4) is 0 Å². The topological polar surface area (TPSA) is 69.6 Å². The van der Waals surface area contributed by atoms with E-state index >= 15 is 0 Å². The zero-order valence-corrected chi connectivity index (χ0v) is 10.9. The maximum Gasteiger partial charge on any atom is 0.329 e. The van der Waals surface area contributed by atoms with Crippen molar-refractivity contribution in [3.8, 4) is 0 Å². The molecule has 5 heteroatoms. The van der Waals surface area contributed by atoms with Crippen LogP contribution in [0.2, 0.25) is 0 Å². The number of hydrogen-bond acceptors (Lipinski definition) is 2. The van der Waals surface area contributed by atoms with E-state index < -0.39 is 11.5 Å². The number of aliphatic carboxylic acids is 1. The molecule has 1 saturated heterocycles. The van der Waals surface area contributed by atoms with E-state index in [-0.39, 0.29) is 12.1 Å². The summed E-state index contributed by atoms with van der Waals surface area (Å²) in [4.78, 5) is 25.1. The molecule has 0 aromatic carbocycles. The Kier molecular flexibility index (Phi) is 3.78. The second kappa shape index (κ2) is 5.16. The average Bonchev–Trinajstić information content (AvgIpc) is 2.82. The Morgan fingerprint density at radius 1 is 1.22 bits per heavy atom. The van der Waals surface area contributed by atoms with Crippen molar-refractivity contribution in [2.75, 3.05) is 6.54 Å². The van der Waals surface area contributed by atoms with Gasteiger partial charge in [-0.15, -0.1) is 0 Å². The van der Waals surface area contributed by atoms with Crippen LogP contribution in [0.15, 0.2) is 0 Å². The Morgan fingerprint density at radius 3 is 2.50 bits per heavy atom. The molecule has 2 amide bonds. The molecule has 1 saturated carbocycles. The van der Waals surface area contributed by atoms with Crippen molar-refractivity contribution in [2.45, 2.75) is 63.5 Å². The predicted molar refractivity (Wildman–Crippen MR) is 67.4 cm³/mol. The Balaban J connectivity index is 2.03. The molecule has 1 aliphatic carbocycles. The second-order valence-corrected chi connectivity index (χ2v) is 5.62. The summed E-state index contributed by atoms with van der Waals surface area (Å²) in [5.74, 6) is -0.899. The first-order chi connectivity index (χ1) is 8.54. The molecular weight excluding hydrogens is 232 g/mol. The number of rotatable bonds is 2. The third kappa shape index (κ3) is 2.44. The highest BCUT2D eigenvalue weighted by Crippen LogP contribution is 2.28. The fraction of sp³-hybridized carbons (Fsp3) is 0.846. The van der Waals surface area contributed by atoms with Gasteiger partial charge in [-0.1, -0.05) is 12.8 Å². The van der Waals surface area contributed by atoms with Crippen molar-refractivity contribution in [1.29, 1.82) is 0 Å². The van der Waals surface area contributed by atoms with Crippen LogP contribution in [0.5, 0.6) is 0 Å². The lowest BCUT2D eigenvalue weighted by molar-refractivity contribution is -0.150. The molecule has 2 rings (SSSR count). The van der Waals surface area contributed by atoms with E-state index in [4.69, 9.17) is 0 Å². The molecule has 2 N–H and O–H groups in total. The van der Waals surface area contributed by atoms with Crippen LogP contribution in [-0.4, -0.2) is 40.1 Å². The summed E-state index contributed by atoms with van der Waals surface area (Å²) in [6.45, 7) is 2.20. The Hall–Kier alpha value is -1.26. The molecule has 5 nitrogen and oxygen atoms in total. The molecule has 1 aliphatic heterocycles. The fourth-order valence-corrected chi connectivity index (χ4v) is 2.99. The predicted octanol–water partition coefficient (Wildman–Crippen LogP) is 1.97. The summed E-state index contributed by atoms with van der Waals surface area (Å²) in [5.41, 5.74) is -1.04. The van der Waals surface area contributed by atoms with Crippen LogP contribution >= 0.6 is 0 Å². The van der Waals surface area contributed by atoms with Crippen LogP contribution in [0, 0.1) is 0 Å². The van der Waals surface area contributed by atoms with Gasteiger partial charge in [-0.05, 0) is 39.0 Å². The quantitative estimate of drug-likeness (QED) is 0.791. The van der Waals surface area contributed by atoms with E-state index in [1.165, 1.54) is 4.90 Å². The van der Waals surface area contributed by atoms with Crippen molar-refractivity contribution >= 4 is 12.0 Å². The van der Waals surface area contributed by atoms with Gasteiger partial charge in [0.1, 0.15) is 5.54 Å². The summed E-state index contributed by atoms with van der Waals surface area (Å²) in [6.07, 6.45) is 6.65. The molecule has 0 aromatic rings. The first kappa shape index (κ1) is 13.2. The smallest absolute Gasteiger partial charge is 0.329 e. The van der Waals surface area contributed by atoms with Gasteiger partial charge < -0.3 is 15.3 Å². The molecule has 18 heavy (non-hydrogen) atoms. The first-order valence-electron chi connectivity index (χ1n) is 6.85. The van der Waals surface area contributed by atoms with Gasteiger partial charge in [-0.25, -0.2) is 9.59 Å². The van der Waals surface area contributed by atoms with Crippen LogP contribution in [0.25, 0.3) is 0 Å². The van der Waals surface area contributed by atoms with Crippen molar-refractivity contribution < 1.29 is 14.7 Å². The number of carboxylic acids is 1. The molecule has 1 atom stereocenters. The summed E-state index contributed by atoms with van der Waals surface area (Å²) in [6, 6.07) is 0.0315. The van der Waals surface area contributed by atoms with E-state index in [0.717, 1.165) is 38.5 Å². The first-order valence-corrected chi connectivity index (χ1v) is 6.85. The minimum absolute atomic E-state index is 0.202. The Labute approximate surface area is 108 Å². The number of carboxylic acid groups (broad SMARTS) is 1. The number of nitrogens with one attached hydrogen (secondary N) is 1. The van der Waals surface area contributed by atoms with Gasteiger partial charge in [0.2, 0.25) is 0 Å². The summed E-state index contributed by atoms with van der Waals surface area (Å²) in [7, 11) is 0. The summed E-state index contributed by atoms with van der Waals surface area (Å²) >= 11 is 0. The lowest BCUT2D eigenvalue weighted by Crippen LogP contribution is -2.60. The molecule has 1 unspecified atom stereocenters. The monoisotopic (exact) mass is 254 g/mol. The van der Waals surface area contributed by atoms with Gasteiger partial charge in [-0.3, -0.25) is 0 Å². The number of carbonyl (C=O) groups is 2. The number of likely N-dealkylation sites (tertiary alicyclic amines) is 1. The molecular formula is C13H22N2O3. The summed E-state index contributed by atoms with van der Waals surface area (Å²) < 4.78 is 0. The summed E-state index contributed by atoms with van der Waals surface area (Å²) in [5, 5.41) is 12.3. The molecule has 2 aliphatic rings. The molecule has 0 radical (unpaired) electrons. The largest absolute Gasteiger partial charge is 0.480 e. The van der Waals surface area contributed by atoms with Gasteiger partial charge >= 0.3 is 12.0 Å². The minimum atomic E-state index is -1.04. The van der Waals surface area contributed by atoms with Gasteiger partial charge in [0.15, 0.2) is 0 Å². The van der Waals surface area contributed by atoms with Crippen LogP contribution < -0.4 is 5.32 Å². The second-order valence-electron chi connectivity index (χ2n) is 5.62. The molecule has 102 valence electrons. The maximum atomic E-state index is 12.2. The number of urea groups is 1. The molecule has 1 heterocycles. The Bertz CT molecular complexity index is 339. The van der Waals surface area contributed by atoms with Crippen molar-refractivity contribution in [3.05, 3.63) is 0 Å². The van der Waals surface area contributed by atoms with Crippen LogP contribution in [0.1, 0.15) is 51.9 Å². The third-order valence-electron chi connectivity index (χ3n) is 4.28. The minimum Gasteiger partial charge on any atom is -0.480 e.